The van der Waals surface area contributed by atoms with Gasteiger partial charge < -0.3 is 9.64 Å². The fraction of sp³-hybridized carbons (Fsp3) is 0.933. The van der Waals surface area contributed by atoms with Gasteiger partial charge in [0.1, 0.15) is 5.54 Å². The molecule has 0 saturated heterocycles. The lowest BCUT2D eigenvalue weighted by atomic mass is 9.96. The molecule has 1 saturated carbocycles. The number of esters is 1. The normalized spacial score (nSPS) is 20.1. The van der Waals surface area contributed by atoms with Crippen molar-refractivity contribution in [3.05, 3.63) is 0 Å². The van der Waals surface area contributed by atoms with Crippen molar-refractivity contribution in [3.8, 4) is 0 Å². The van der Waals surface area contributed by atoms with Crippen molar-refractivity contribution in [3.63, 3.8) is 0 Å². The van der Waals surface area contributed by atoms with E-state index < -0.39 is 5.54 Å². The van der Waals surface area contributed by atoms with Crippen molar-refractivity contribution in [2.24, 2.45) is 0 Å². The van der Waals surface area contributed by atoms with Gasteiger partial charge in [-0.15, -0.1) is 0 Å². The van der Waals surface area contributed by atoms with Gasteiger partial charge in [-0.05, 0) is 46.6 Å². The average molecular weight is 270 g/mol. The van der Waals surface area contributed by atoms with E-state index in [0.717, 1.165) is 13.0 Å². The molecule has 1 aliphatic carbocycles. The molecule has 2 unspecified atom stereocenters. The number of rotatable bonds is 9. The summed E-state index contributed by atoms with van der Waals surface area (Å²) in [4.78, 5) is 14.3. The van der Waals surface area contributed by atoms with E-state index in [4.69, 9.17) is 4.74 Å². The van der Waals surface area contributed by atoms with Crippen LogP contribution in [0.4, 0.5) is 0 Å². The average Bonchev–Trinajstić information content (AvgIpc) is 3.18. The highest BCUT2D eigenvalue weighted by molar-refractivity contribution is 5.80. The zero-order valence-corrected chi connectivity index (χ0v) is 13.2. The predicted octanol–water partition coefficient (Wildman–Crippen LogP) is 2.18. The highest BCUT2D eigenvalue weighted by Gasteiger charge is 2.39. The van der Waals surface area contributed by atoms with E-state index in [2.05, 4.69) is 31.1 Å². The van der Waals surface area contributed by atoms with Gasteiger partial charge in [-0.25, -0.2) is 0 Å². The molecule has 4 heteroatoms. The molecule has 2 atom stereocenters. The van der Waals surface area contributed by atoms with Crippen molar-refractivity contribution in [1.82, 2.24) is 10.2 Å². The molecule has 1 fully saturated rings. The maximum atomic E-state index is 12.0. The summed E-state index contributed by atoms with van der Waals surface area (Å²) in [5, 5.41) is 3.44. The Morgan fingerprint density at radius 1 is 1.53 bits per heavy atom. The van der Waals surface area contributed by atoms with Crippen LogP contribution in [-0.4, -0.2) is 49.2 Å². The zero-order valence-electron chi connectivity index (χ0n) is 13.2. The lowest BCUT2D eigenvalue weighted by Crippen LogP contribution is -2.53. The third kappa shape index (κ3) is 5.11. The summed E-state index contributed by atoms with van der Waals surface area (Å²) in [6.07, 6.45) is 5.53. The number of hydrogen-bond acceptors (Lipinski definition) is 4. The Kier molecular flexibility index (Phi) is 6.27. The number of hydrogen-bond donors (Lipinski definition) is 1. The summed E-state index contributed by atoms with van der Waals surface area (Å²) >= 11 is 0. The van der Waals surface area contributed by atoms with E-state index in [1.807, 2.05) is 6.92 Å². The molecule has 0 aromatic rings. The number of carbonyl (C=O) groups excluding carboxylic acids is 1. The number of nitrogens with zero attached hydrogens (tertiary/aromatic N) is 1. The van der Waals surface area contributed by atoms with Gasteiger partial charge in [0, 0.05) is 18.6 Å². The molecule has 4 nitrogen and oxygen atoms in total. The first-order valence-electron chi connectivity index (χ1n) is 7.49. The quantitative estimate of drug-likeness (QED) is 0.652. The fourth-order valence-electron chi connectivity index (χ4n) is 2.40. The van der Waals surface area contributed by atoms with Crippen LogP contribution < -0.4 is 5.32 Å². The highest BCUT2D eigenvalue weighted by Crippen LogP contribution is 2.25. The maximum Gasteiger partial charge on any atom is 0.325 e. The maximum absolute atomic E-state index is 12.0. The zero-order chi connectivity index (χ0) is 14.5. The highest BCUT2D eigenvalue weighted by atomic mass is 16.5. The van der Waals surface area contributed by atoms with E-state index in [9.17, 15) is 4.79 Å². The molecule has 0 bridgehead atoms. The predicted molar refractivity (Wildman–Crippen MR) is 78.2 cm³/mol. The van der Waals surface area contributed by atoms with Crippen LogP contribution in [0.15, 0.2) is 0 Å². The lowest BCUT2D eigenvalue weighted by molar-refractivity contribution is -0.148. The molecule has 1 N–H and O–H groups in total. The van der Waals surface area contributed by atoms with Crippen LogP contribution in [0.5, 0.6) is 0 Å². The molecule has 0 spiro atoms. The molecule has 0 aliphatic heterocycles. The van der Waals surface area contributed by atoms with Gasteiger partial charge >= 0.3 is 5.97 Å². The molecular weight excluding hydrogens is 240 g/mol. The number of nitrogens with one attached hydrogen (secondary N) is 1. The summed E-state index contributed by atoms with van der Waals surface area (Å²) in [7, 11) is 3.60. The molecule has 112 valence electrons. The third-order valence-corrected chi connectivity index (χ3v) is 4.16. The van der Waals surface area contributed by atoms with Crippen molar-refractivity contribution in [2.75, 3.05) is 20.7 Å². The molecule has 0 heterocycles. The Labute approximate surface area is 117 Å². The Bertz CT molecular complexity index is 292. The minimum Gasteiger partial charge on any atom is -0.468 e. The van der Waals surface area contributed by atoms with Gasteiger partial charge in [0.25, 0.3) is 0 Å². The first-order valence-corrected chi connectivity index (χ1v) is 7.49. The second kappa shape index (κ2) is 7.25. The lowest BCUT2D eigenvalue weighted by Gasteiger charge is -2.32. The van der Waals surface area contributed by atoms with Crippen molar-refractivity contribution in [2.45, 2.75) is 70.5 Å². The van der Waals surface area contributed by atoms with Gasteiger partial charge in [-0.1, -0.05) is 13.3 Å². The Balaban J connectivity index is 2.50. The van der Waals surface area contributed by atoms with E-state index >= 15 is 0 Å². The monoisotopic (exact) mass is 270 g/mol. The van der Waals surface area contributed by atoms with Crippen LogP contribution in [0, 0.1) is 0 Å². The first kappa shape index (κ1) is 16.4. The topological polar surface area (TPSA) is 41.6 Å². The summed E-state index contributed by atoms with van der Waals surface area (Å²) in [6.45, 7) is 7.33. The molecule has 0 radical (unpaired) electrons. The molecular formula is C15H30N2O2. The fourth-order valence-corrected chi connectivity index (χ4v) is 2.40. The molecule has 0 aromatic carbocycles. The van der Waals surface area contributed by atoms with Gasteiger partial charge in [0.15, 0.2) is 0 Å². The number of carbonyl (C=O) groups is 1. The third-order valence-electron chi connectivity index (χ3n) is 4.16. The van der Waals surface area contributed by atoms with E-state index in [1.54, 1.807) is 0 Å². The van der Waals surface area contributed by atoms with Gasteiger partial charge in [0.2, 0.25) is 0 Å². The number of ether oxygens (including phenoxy) is 1. The van der Waals surface area contributed by atoms with Gasteiger partial charge in [-0.3, -0.25) is 10.1 Å². The van der Waals surface area contributed by atoms with E-state index in [1.165, 1.54) is 32.8 Å². The Morgan fingerprint density at radius 3 is 2.63 bits per heavy atom. The van der Waals surface area contributed by atoms with Crippen LogP contribution in [0.1, 0.15) is 52.9 Å². The van der Waals surface area contributed by atoms with Gasteiger partial charge in [0.05, 0.1) is 7.11 Å². The Morgan fingerprint density at radius 2 is 2.16 bits per heavy atom. The van der Waals surface area contributed by atoms with Crippen LogP contribution in [-0.2, 0) is 9.53 Å². The second-order valence-corrected chi connectivity index (χ2v) is 6.11. The standard InChI is InChI=1S/C15H30N2O2/c1-6-7-12(2)17(4)11-10-15(3,14(18)19-5)16-13-8-9-13/h12-13,16H,6-11H2,1-5H3. The molecule has 0 aromatic heterocycles. The minimum atomic E-state index is -0.546. The smallest absolute Gasteiger partial charge is 0.325 e. The molecule has 19 heavy (non-hydrogen) atoms. The Hall–Kier alpha value is -0.610. The van der Waals surface area contributed by atoms with Crippen LogP contribution >= 0.6 is 0 Å². The molecule has 1 rings (SSSR count). The van der Waals surface area contributed by atoms with Crippen LogP contribution in [0.2, 0.25) is 0 Å². The van der Waals surface area contributed by atoms with Gasteiger partial charge in [-0.2, -0.15) is 0 Å². The van der Waals surface area contributed by atoms with E-state index in [0.29, 0.717) is 12.1 Å². The number of methoxy groups -OCH3 is 1. The van der Waals surface area contributed by atoms with Crippen molar-refractivity contribution >= 4 is 5.97 Å². The molecule has 0 amide bonds. The first-order chi connectivity index (χ1) is 8.92. The summed E-state index contributed by atoms with van der Waals surface area (Å²) in [5.41, 5.74) is -0.546. The summed E-state index contributed by atoms with van der Waals surface area (Å²) in [5.74, 6) is -0.143. The second-order valence-electron chi connectivity index (χ2n) is 6.11. The van der Waals surface area contributed by atoms with Crippen molar-refractivity contribution in [1.29, 1.82) is 0 Å². The van der Waals surface area contributed by atoms with E-state index in [-0.39, 0.29) is 5.97 Å². The summed E-state index contributed by atoms with van der Waals surface area (Å²) in [6, 6.07) is 1.07. The minimum absolute atomic E-state index is 0.143. The largest absolute Gasteiger partial charge is 0.468 e. The van der Waals surface area contributed by atoms with Crippen molar-refractivity contribution < 1.29 is 9.53 Å². The van der Waals surface area contributed by atoms with Crippen LogP contribution in [0.25, 0.3) is 0 Å². The molecule has 1 aliphatic rings. The summed E-state index contributed by atoms with van der Waals surface area (Å²) < 4.78 is 4.96. The van der Waals surface area contributed by atoms with Crippen LogP contribution in [0.3, 0.4) is 0 Å². The SMILES string of the molecule is CCCC(C)N(C)CCC(C)(NC1CC1)C(=O)OC.